The molecular weight excluding hydrogens is 270 g/mol. The van der Waals surface area contributed by atoms with E-state index in [1.165, 1.54) is 7.11 Å². The number of carbonyl (C=O) groups is 1. The van der Waals surface area contributed by atoms with Gasteiger partial charge in [-0.15, -0.1) is 0 Å². The zero-order chi connectivity index (χ0) is 13.8. The molecule has 1 amide bonds. The second-order valence-corrected chi connectivity index (χ2v) is 4.45. The summed E-state index contributed by atoms with van der Waals surface area (Å²) in [6.45, 7) is 2.57. The number of aromatic nitrogens is 2. The summed E-state index contributed by atoms with van der Waals surface area (Å²) >= 11 is 5.95. The molecule has 1 saturated heterocycles. The van der Waals surface area contributed by atoms with E-state index in [-0.39, 0.29) is 6.09 Å². The minimum absolute atomic E-state index is 0.295. The number of halogens is 1. The first-order chi connectivity index (χ1) is 9.13. The zero-order valence-electron chi connectivity index (χ0n) is 10.9. The van der Waals surface area contributed by atoms with Crippen molar-refractivity contribution >= 4 is 29.5 Å². The average Bonchev–Trinajstić information content (AvgIpc) is 2.46. The topological polar surface area (TPSA) is 70.6 Å². The minimum Gasteiger partial charge on any atom is -0.453 e. The third-order valence-electron chi connectivity index (χ3n) is 2.94. The molecule has 1 aromatic rings. The number of methoxy groups -OCH3 is 1. The van der Waals surface area contributed by atoms with Crippen LogP contribution in [0.3, 0.4) is 0 Å². The van der Waals surface area contributed by atoms with Crippen molar-refractivity contribution in [1.82, 2.24) is 14.9 Å². The van der Waals surface area contributed by atoms with Crippen molar-refractivity contribution in [3.8, 4) is 0 Å². The molecule has 7 nitrogen and oxygen atoms in total. The molecule has 0 spiro atoms. The number of nitrogens with zero attached hydrogens (tertiary/aromatic N) is 4. The van der Waals surface area contributed by atoms with Gasteiger partial charge in [-0.2, -0.15) is 4.98 Å². The molecule has 0 unspecified atom stereocenters. The number of piperazine rings is 1. The Kier molecular flexibility index (Phi) is 4.26. The molecule has 0 saturated carbocycles. The van der Waals surface area contributed by atoms with Crippen LogP contribution in [0.15, 0.2) is 6.07 Å². The quantitative estimate of drug-likeness (QED) is 0.820. The van der Waals surface area contributed by atoms with Gasteiger partial charge < -0.3 is 19.9 Å². The van der Waals surface area contributed by atoms with Crippen LogP contribution in [0.2, 0.25) is 5.15 Å². The maximum Gasteiger partial charge on any atom is 0.409 e. The highest BCUT2D eigenvalue weighted by atomic mass is 35.5. The molecule has 19 heavy (non-hydrogen) atoms. The van der Waals surface area contributed by atoms with Gasteiger partial charge in [0, 0.05) is 39.3 Å². The lowest BCUT2D eigenvalue weighted by Crippen LogP contribution is -2.49. The van der Waals surface area contributed by atoms with Crippen molar-refractivity contribution in [3.63, 3.8) is 0 Å². The van der Waals surface area contributed by atoms with Crippen LogP contribution >= 0.6 is 11.6 Å². The molecule has 1 N–H and O–H groups in total. The van der Waals surface area contributed by atoms with Gasteiger partial charge in [0.05, 0.1) is 7.11 Å². The third-order valence-corrected chi connectivity index (χ3v) is 3.14. The lowest BCUT2D eigenvalue weighted by atomic mass is 10.3. The third kappa shape index (κ3) is 3.17. The number of hydrogen-bond donors (Lipinski definition) is 1. The highest BCUT2D eigenvalue weighted by Gasteiger charge is 2.22. The molecule has 0 radical (unpaired) electrons. The normalized spacial score (nSPS) is 15.3. The van der Waals surface area contributed by atoms with Crippen molar-refractivity contribution in [1.29, 1.82) is 0 Å². The van der Waals surface area contributed by atoms with Gasteiger partial charge in [0.2, 0.25) is 5.95 Å². The van der Waals surface area contributed by atoms with Gasteiger partial charge >= 0.3 is 6.09 Å². The van der Waals surface area contributed by atoms with Crippen molar-refractivity contribution in [2.45, 2.75) is 0 Å². The summed E-state index contributed by atoms with van der Waals surface area (Å²) in [5, 5.41) is 3.26. The summed E-state index contributed by atoms with van der Waals surface area (Å²) in [6.07, 6.45) is -0.295. The second kappa shape index (κ2) is 5.92. The van der Waals surface area contributed by atoms with E-state index < -0.39 is 0 Å². The van der Waals surface area contributed by atoms with Crippen LogP contribution in [-0.2, 0) is 4.74 Å². The molecule has 1 aliphatic heterocycles. The predicted octanol–water partition coefficient (Wildman–Crippen LogP) is 1.06. The molecule has 0 aliphatic carbocycles. The average molecular weight is 286 g/mol. The van der Waals surface area contributed by atoms with E-state index in [1.807, 2.05) is 0 Å². The second-order valence-electron chi connectivity index (χ2n) is 4.07. The lowest BCUT2D eigenvalue weighted by molar-refractivity contribution is 0.121. The molecule has 2 heterocycles. The summed E-state index contributed by atoms with van der Waals surface area (Å²) in [7, 11) is 3.13. The van der Waals surface area contributed by atoms with Crippen molar-refractivity contribution in [2.75, 3.05) is 50.6 Å². The van der Waals surface area contributed by atoms with Crippen LogP contribution in [-0.4, -0.2) is 61.3 Å². The van der Waals surface area contributed by atoms with Crippen LogP contribution in [0.25, 0.3) is 0 Å². The number of nitrogens with one attached hydrogen (secondary N) is 1. The summed E-state index contributed by atoms with van der Waals surface area (Å²) < 4.78 is 4.70. The smallest absolute Gasteiger partial charge is 0.409 e. The number of ether oxygens (including phenoxy) is 1. The molecule has 0 atom stereocenters. The highest BCUT2D eigenvalue weighted by Crippen LogP contribution is 2.19. The van der Waals surface area contributed by atoms with Gasteiger partial charge in [-0.05, 0) is 0 Å². The van der Waals surface area contributed by atoms with E-state index in [0.717, 1.165) is 5.82 Å². The van der Waals surface area contributed by atoms with E-state index in [0.29, 0.717) is 37.3 Å². The lowest BCUT2D eigenvalue weighted by Gasteiger charge is -2.34. The Morgan fingerprint density at radius 1 is 1.37 bits per heavy atom. The van der Waals surface area contributed by atoms with Crippen molar-refractivity contribution in [3.05, 3.63) is 11.2 Å². The fourth-order valence-electron chi connectivity index (χ4n) is 1.93. The van der Waals surface area contributed by atoms with E-state index in [1.54, 1.807) is 18.0 Å². The van der Waals surface area contributed by atoms with Gasteiger partial charge in [-0.1, -0.05) is 11.6 Å². The molecule has 8 heteroatoms. The number of amides is 1. The first-order valence-corrected chi connectivity index (χ1v) is 6.32. The van der Waals surface area contributed by atoms with E-state index >= 15 is 0 Å². The number of rotatable bonds is 2. The fourth-order valence-corrected chi connectivity index (χ4v) is 2.10. The van der Waals surface area contributed by atoms with Crippen LogP contribution in [0, 0.1) is 0 Å². The molecule has 0 aromatic carbocycles. The molecule has 2 rings (SSSR count). The van der Waals surface area contributed by atoms with Gasteiger partial charge in [0.1, 0.15) is 11.0 Å². The summed E-state index contributed by atoms with van der Waals surface area (Å²) in [4.78, 5) is 23.5. The standard InChI is InChI=1S/C11H16ClN5O2/c1-13-10-14-8(12)7-9(15-10)16-3-5-17(6-4-16)11(18)19-2/h7H,3-6H2,1-2H3,(H,13,14,15). The highest BCUT2D eigenvalue weighted by molar-refractivity contribution is 6.29. The van der Waals surface area contributed by atoms with Gasteiger partial charge in [-0.3, -0.25) is 0 Å². The Labute approximate surface area is 116 Å². The number of hydrogen-bond acceptors (Lipinski definition) is 6. The molecule has 1 aromatic heterocycles. The van der Waals surface area contributed by atoms with Crippen LogP contribution in [0.5, 0.6) is 0 Å². The largest absolute Gasteiger partial charge is 0.453 e. The van der Waals surface area contributed by atoms with E-state index in [4.69, 9.17) is 16.3 Å². The van der Waals surface area contributed by atoms with Crippen LogP contribution in [0.4, 0.5) is 16.6 Å². The Bertz CT molecular complexity index is 462. The molecule has 104 valence electrons. The Morgan fingerprint density at radius 2 is 2.05 bits per heavy atom. The van der Waals surface area contributed by atoms with Crippen LogP contribution < -0.4 is 10.2 Å². The first kappa shape index (κ1) is 13.7. The van der Waals surface area contributed by atoms with Crippen molar-refractivity contribution < 1.29 is 9.53 Å². The zero-order valence-corrected chi connectivity index (χ0v) is 11.6. The molecule has 1 aliphatic rings. The van der Waals surface area contributed by atoms with Gasteiger partial charge in [-0.25, -0.2) is 9.78 Å². The molecule has 0 bridgehead atoms. The summed E-state index contributed by atoms with van der Waals surface area (Å²) in [6, 6.07) is 1.72. The Balaban J connectivity index is 2.05. The van der Waals surface area contributed by atoms with Gasteiger partial charge in [0.15, 0.2) is 0 Å². The monoisotopic (exact) mass is 285 g/mol. The van der Waals surface area contributed by atoms with Crippen molar-refractivity contribution in [2.24, 2.45) is 0 Å². The van der Waals surface area contributed by atoms with E-state index in [2.05, 4.69) is 20.2 Å². The molecular formula is C11H16ClN5O2. The minimum atomic E-state index is -0.295. The molecule has 1 fully saturated rings. The maximum absolute atomic E-state index is 11.4. The van der Waals surface area contributed by atoms with Crippen LogP contribution in [0.1, 0.15) is 0 Å². The van der Waals surface area contributed by atoms with E-state index in [9.17, 15) is 4.79 Å². The predicted molar refractivity (Wildman–Crippen MR) is 72.8 cm³/mol. The fraction of sp³-hybridized carbons (Fsp3) is 0.545. The summed E-state index contributed by atoms with van der Waals surface area (Å²) in [5.74, 6) is 1.24. The Hall–Kier alpha value is -1.76. The van der Waals surface area contributed by atoms with Gasteiger partial charge in [0.25, 0.3) is 0 Å². The summed E-state index contributed by atoms with van der Waals surface area (Å²) in [5.41, 5.74) is 0. The Morgan fingerprint density at radius 3 is 2.63 bits per heavy atom. The number of carbonyl (C=O) groups excluding carboxylic acids is 1. The SMILES string of the molecule is CNc1nc(Cl)cc(N2CCN(C(=O)OC)CC2)n1. The maximum atomic E-state index is 11.4. The number of anilines is 2. The first-order valence-electron chi connectivity index (χ1n) is 5.94.